The van der Waals surface area contributed by atoms with Crippen LogP contribution in [0, 0.1) is 24.6 Å². The zero-order valence-corrected chi connectivity index (χ0v) is 14.7. The first-order valence-corrected chi connectivity index (χ1v) is 9.00. The summed E-state index contributed by atoms with van der Waals surface area (Å²) in [6.07, 6.45) is 4.80. The Bertz CT molecular complexity index is 791. The molecule has 2 fully saturated rings. The van der Waals surface area contributed by atoms with Crippen LogP contribution in [0.15, 0.2) is 36.7 Å². The minimum Gasteiger partial charge on any atom is -0.391 e. The van der Waals surface area contributed by atoms with Crippen molar-refractivity contribution < 1.29 is 14.3 Å². The molecule has 1 aliphatic carbocycles. The van der Waals surface area contributed by atoms with Crippen molar-refractivity contribution in [2.45, 2.75) is 31.9 Å². The number of likely N-dealkylation sites (tertiary alicyclic amines) is 1. The van der Waals surface area contributed by atoms with Crippen molar-refractivity contribution in [3.63, 3.8) is 0 Å². The number of anilines is 1. The van der Waals surface area contributed by atoms with E-state index in [1.807, 2.05) is 17.8 Å². The number of amides is 2. The fourth-order valence-electron chi connectivity index (χ4n) is 4.21. The zero-order chi connectivity index (χ0) is 18.3. The predicted molar refractivity (Wildman–Crippen MR) is 95.2 cm³/mol. The number of hydrogen-bond acceptors (Lipinski definition) is 3. The lowest BCUT2D eigenvalue weighted by Gasteiger charge is -2.35. The molecule has 26 heavy (non-hydrogen) atoms. The van der Waals surface area contributed by atoms with Crippen molar-refractivity contribution in [2.75, 3.05) is 18.4 Å². The smallest absolute Gasteiger partial charge is 0.321 e. The summed E-state index contributed by atoms with van der Waals surface area (Å²) >= 11 is 0. The predicted octanol–water partition coefficient (Wildman–Crippen LogP) is 2.81. The lowest BCUT2D eigenvalue weighted by molar-refractivity contribution is 0.0306. The quantitative estimate of drug-likeness (QED) is 0.867. The number of urea groups is 1. The summed E-state index contributed by atoms with van der Waals surface area (Å²) < 4.78 is 14.8. The van der Waals surface area contributed by atoms with Crippen LogP contribution < -0.4 is 5.32 Å². The number of aromatic nitrogens is 2. The molecule has 2 aliphatic rings. The topological polar surface area (TPSA) is 70.4 Å². The number of nitrogens with one attached hydrogen (secondary N) is 1. The summed E-state index contributed by atoms with van der Waals surface area (Å²) in [5.74, 6) is 0.327. The summed E-state index contributed by atoms with van der Waals surface area (Å²) in [5, 5.41) is 17.7. The van der Waals surface area contributed by atoms with E-state index in [1.54, 1.807) is 23.2 Å². The van der Waals surface area contributed by atoms with Gasteiger partial charge in [-0.15, -0.1) is 0 Å². The number of rotatable bonds is 2. The van der Waals surface area contributed by atoms with E-state index in [0.29, 0.717) is 37.0 Å². The molecule has 2 aromatic rings. The lowest BCUT2D eigenvalue weighted by Crippen LogP contribution is -2.36. The van der Waals surface area contributed by atoms with Crippen molar-refractivity contribution in [3.05, 3.63) is 48.0 Å². The van der Waals surface area contributed by atoms with Crippen LogP contribution in [0.25, 0.3) is 0 Å². The molecule has 4 atom stereocenters. The van der Waals surface area contributed by atoms with Gasteiger partial charge in [0.1, 0.15) is 5.82 Å². The maximum Gasteiger partial charge on any atom is 0.321 e. The van der Waals surface area contributed by atoms with Gasteiger partial charge in [0.15, 0.2) is 0 Å². The van der Waals surface area contributed by atoms with Gasteiger partial charge in [0.2, 0.25) is 0 Å². The first-order valence-electron chi connectivity index (χ1n) is 9.00. The Labute approximate surface area is 151 Å². The SMILES string of the molecule is Cc1cnn([C@H]2C[C@H]3CN(C(=O)Nc4ccc(F)cc4)C[C@H]3C[C@@H]2O)c1. The number of aliphatic hydroxyl groups is 1. The number of hydrogen-bond donors (Lipinski definition) is 2. The van der Waals surface area contributed by atoms with Crippen LogP contribution in [-0.2, 0) is 0 Å². The number of aliphatic hydroxyl groups excluding tert-OH is 1. The highest BCUT2D eigenvalue weighted by Gasteiger charge is 2.43. The molecule has 7 heteroatoms. The molecule has 6 nitrogen and oxygen atoms in total. The molecule has 2 amide bonds. The fourth-order valence-corrected chi connectivity index (χ4v) is 4.21. The van der Waals surface area contributed by atoms with Gasteiger partial charge in [-0.25, -0.2) is 9.18 Å². The summed E-state index contributed by atoms with van der Waals surface area (Å²) in [6.45, 7) is 3.29. The van der Waals surface area contributed by atoms with Crippen molar-refractivity contribution in [3.8, 4) is 0 Å². The van der Waals surface area contributed by atoms with Gasteiger partial charge < -0.3 is 15.3 Å². The molecule has 2 N–H and O–H groups in total. The molecule has 4 rings (SSSR count). The van der Waals surface area contributed by atoms with Crippen LogP contribution >= 0.6 is 0 Å². The first kappa shape index (κ1) is 17.0. The van der Waals surface area contributed by atoms with Crippen molar-refractivity contribution >= 4 is 11.7 Å². The van der Waals surface area contributed by atoms with E-state index >= 15 is 0 Å². The Kier molecular flexibility index (Phi) is 4.40. The van der Waals surface area contributed by atoms with E-state index in [1.165, 1.54) is 12.1 Å². The molecule has 1 saturated heterocycles. The molecular weight excluding hydrogens is 335 g/mol. The Morgan fingerprint density at radius 3 is 2.58 bits per heavy atom. The minimum atomic E-state index is -0.448. The normalized spacial score (nSPS) is 28.0. The fraction of sp³-hybridized carbons (Fsp3) is 0.474. The molecule has 1 aromatic carbocycles. The third kappa shape index (κ3) is 3.31. The number of halogens is 1. The Hall–Kier alpha value is -2.41. The second-order valence-corrected chi connectivity index (χ2v) is 7.47. The van der Waals surface area contributed by atoms with Gasteiger partial charge in [-0.1, -0.05) is 0 Å². The van der Waals surface area contributed by atoms with Crippen LogP contribution in [0.5, 0.6) is 0 Å². The summed E-state index contributed by atoms with van der Waals surface area (Å²) in [4.78, 5) is 14.3. The highest BCUT2D eigenvalue weighted by Crippen LogP contribution is 2.41. The number of carbonyl (C=O) groups is 1. The molecule has 138 valence electrons. The molecule has 2 heterocycles. The molecule has 0 spiro atoms. The van der Waals surface area contributed by atoms with E-state index in [-0.39, 0.29) is 17.9 Å². The number of fused-ring (bicyclic) bond motifs is 1. The van der Waals surface area contributed by atoms with Gasteiger partial charge >= 0.3 is 6.03 Å². The maximum atomic E-state index is 13.0. The molecule has 0 radical (unpaired) electrons. The van der Waals surface area contributed by atoms with E-state index in [0.717, 1.165) is 12.0 Å². The van der Waals surface area contributed by atoms with Crippen LogP contribution in [0.3, 0.4) is 0 Å². The van der Waals surface area contributed by atoms with Gasteiger partial charge in [0.05, 0.1) is 18.3 Å². The standard InChI is InChI=1S/C19H23FN4O2/c1-12-8-21-24(9-12)17-6-13-10-23(11-14(13)7-18(17)25)19(26)22-16-4-2-15(20)3-5-16/h2-5,8-9,13-14,17-18,25H,6-7,10-11H2,1H3,(H,22,26)/t13-,14+,17-,18-/m0/s1. The van der Waals surface area contributed by atoms with E-state index in [2.05, 4.69) is 10.4 Å². The van der Waals surface area contributed by atoms with Gasteiger partial charge in [0, 0.05) is 25.0 Å². The first-order chi connectivity index (χ1) is 12.5. The van der Waals surface area contributed by atoms with Crippen molar-refractivity contribution in [1.29, 1.82) is 0 Å². The third-order valence-electron chi connectivity index (χ3n) is 5.56. The average Bonchev–Trinajstić information content (AvgIpc) is 3.22. The van der Waals surface area contributed by atoms with E-state index in [9.17, 15) is 14.3 Å². The van der Waals surface area contributed by atoms with Gasteiger partial charge in [-0.2, -0.15) is 5.10 Å². The minimum absolute atomic E-state index is 0.0370. The monoisotopic (exact) mass is 358 g/mol. The van der Waals surface area contributed by atoms with Crippen LogP contribution in [0.2, 0.25) is 0 Å². The molecule has 1 saturated carbocycles. The molecule has 1 aromatic heterocycles. The summed E-state index contributed by atoms with van der Waals surface area (Å²) in [7, 11) is 0. The molecular formula is C19H23FN4O2. The van der Waals surface area contributed by atoms with Gasteiger partial charge in [-0.3, -0.25) is 4.68 Å². The highest BCUT2D eigenvalue weighted by molar-refractivity contribution is 5.89. The molecule has 0 bridgehead atoms. The molecule has 1 aliphatic heterocycles. The number of carbonyl (C=O) groups excluding carboxylic acids is 1. The third-order valence-corrected chi connectivity index (χ3v) is 5.56. The van der Waals surface area contributed by atoms with Gasteiger partial charge in [0.25, 0.3) is 0 Å². The highest BCUT2D eigenvalue weighted by atomic mass is 19.1. The summed E-state index contributed by atoms with van der Waals surface area (Å²) in [5.41, 5.74) is 1.65. The largest absolute Gasteiger partial charge is 0.391 e. The van der Waals surface area contributed by atoms with Crippen LogP contribution in [0.1, 0.15) is 24.4 Å². The van der Waals surface area contributed by atoms with Crippen molar-refractivity contribution in [2.24, 2.45) is 11.8 Å². The summed E-state index contributed by atoms with van der Waals surface area (Å²) in [6, 6.07) is 5.54. The second kappa shape index (κ2) is 6.72. The number of aryl methyl sites for hydroxylation is 1. The van der Waals surface area contributed by atoms with Crippen LogP contribution in [0.4, 0.5) is 14.9 Å². The Morgan fingerprint density at radius 1 is 1.23 bits per heavy atom. The van der Waals surface area contributed by atoms with Crippen molar-refractivity contribution in [1.82, 2.24) is 14.7 Å². The Morgan fingerprint density at radius 2 is 1.92 bits per heavy atom. The van der Waals surface area contributed by atoms with E-state index in [4.69, 9.17) is 0 Å². The maximum absolute atomic E-state index is 13.0. The number of nitrogens with zero attached hydrogens (tertiary/aromatic N) is 3. The average molecular weight is 358 g/mol. The van der Waals surface area contributed by atoms with E-state index < -0.39 is 6.10 Å². The second-order valence-electron chi connectivity index (χ2n) is 7.47. The lowest BCUT2D eigenvalue weighted by atomic mass is 9.77. The van der Waals surface area contributed by atoms with Gasteiger partial charge in [-0.05, 0) is 61.4 Å². The Balaban J connectivity index is 1.41. The molecule has 0 unspecified atom stereocenters. The zero-order valence-electron chi connectivity index (χ0n) is 14.7. The van der Waals surface area contributed by atoms with Crippen LogP contribution in [-0.4, -0.2) is 45.0 Å². The number of benzene rings is 1.